The van der Waals surface area contributed by atoms with Crippen LogP contribution in [0.2, 0.25) is 0 Å². The zero-order valence-electron chi connectivity index (χ0n) is 17.7. The van der Waals surface area contributed by atoms with Gasteiger partial charge in [-0.1, -0.05) is 36.4 Å². The van der Waals surface area contributed by atoms with E-state index in [1.807, 2.05) is 60.9 Å². The van der Waals surface area contributed by atoms with Crippen molar-refractivity contribution in [2.75, 3.05) is 21.3 Å². The maximum atomic E-state index is 13.2. The van der Waals surface area contributed by atoms with E-state index in [-0.39, 0.29) is 5.91 Å². The Morgan fingerprint density at radius 2 is 1.10 bits per heavy atom. The third-order valence-corrected chi connectivity index (χ3v) is 5.19. The van der Waals surface area contributed by atoms with Crippen LogP contribution in [0.15, 0.2) is 85.2 Å². The number of methoxy groups -OCH3 is 3. The van der Waals surface area contributed by atoms with Crippen molar-refractivity contribution in [1.29, 1.82) is 0 Å². The highest BCUT2D eigenvalue weighted by atomic mass is 16.5. The zero-order valence-corrected chi connectivity index (χ0v) is 17.7. The SMILES string of the molecule is COc1ccc(C(=O)n2cc(-c3ccccc3OC)c(-c3ccccc3OC)c2)cc1. The Morgan fingerprint density at radius 1 is 0.613 bits per heavy atom. The van der Waals surface area contributed by atoms with Crippen molar-refractivity contribution < 1.29 is 19.0 Å². The summed E-state index contributed by atoms with van der Waals surface area (Å²) in [6.07, 6.45) is 3.68. The number of para-hydroxylation sites is 2. The summed E-state index contributed by atoms with van der Waals surface area (Å²) in [7, 11) is 4.88. The molecule has 1 heterocycles. The summed E-state index contributed by atoms with van der Waals surface area (Å²) in [6, 6.07) is 22.6. The van der Waals surface area contributed by atoms with Crippen molar-refractivity contribution in [3.05, 3.63) is 90.8 Å². The van der Waals surface area contributed by atoms with E-state index in [9.17, 15) is 4.79 Å². The largest absolute Gasteiger partial charge is 0.497 e. The summed E-state index contributed by atoms with van der Waals surface area (Å²) in [4.78, 5) is 13.2. The maximum Gasteiger partial charge on any atom is 0.261 e. The minimum absolute atomic E-state index is 0.139. The maximum absolute atomic E-state index is 13.2. The summed E-state index contributed by atoms with van der Waals surface area (Å²) >= 11 is 0. The van der Waals surface area contributed by atoms with Crippen LogP contribution in [0.4, 0.5) is 0 Å². The van der Waals surface area contributed by atoms with Gasteiger partial charge in [0.25, 0.3) is 5.91 Å². The summed E-state index contributed by atoms with van der Waals surface area (Å²) in [6.45, 7) is 0. The Labute approximate surface area is 181 Å². The van der Waals surface area contributed by atoms with Crippen molar-refractivity contribution in [2.24, 2.45) is 0 Å². The summed E-state index contributed by atoms with van der Waals surface area (Å²) in [5, 5.41) is 0. The number of hydrogen-bond acceptors (Lipinski definition) is 4. The number of ether oxygens (including phenoxy) is 3. The van der Waals surface area contributed by atoms with Gasteiger partial charge in [-0.15, -0.1) is 0 Å². The number of rotatable bonds is 6. The van der Waals surface area contributed by atoms with Crippen LogP contribution < -0.4 is 14.2 Å². The van der Waals surface area contributed by atoms with Gasteiger partial charge in [-0.3, -0.25) is 9.36 Å². The quantitative estimate of drug-likeness (QED) is 0.417. The van der Waals surface area contributed by atoms with Gasteiger partial charge in [0, 0.05) is 40.2 Å². The van der Waals surface area contributed by atoms with Crippen molar-refractivity contribution >= 4 is 5.91 Å². The molecule has 0 saturated heterocycles. The monoisotopic (exact) mass is 413 g/mol. The molecule has 0 N–H and O–H groups in total. The second-order valence-electron chi connectivity index (χ2n) is 6.93. The molecule has 5 nitrogen and oxygen atoms in total. The fourth-order valence-corrected chi connectivity index (χ4v) is 3.62. The first kappa shape index (κ1) is 20.3. The molecule has 0 atom stereocenters. The van der Waals surface area contributed by atoms with E-state index < -0.39 is 0 Å². The molecule has 0 saturated carbocycles. The second kappa shape index (κ2) is 8.79. The van der Waals surface area contributed by atoms with E-state index in [4.69, 9.17) is 14.2 Å². The average Bonchev–Trinajstić information content (AvgIpc) is 3.28. The normalized spacial score (nSPS) is 10.5. The lowest BCUT2D eigenvalue weighted by Crippen LogP contribution is -2.09. The Bertz CT molecular complexity index is 1140. The number of carbonyl (C=O) groups is 1. The smallest absolute Gasteiger partial charge is 0.261 e. The molecule has 156 valence electrons. The van der Waals surface area contributed by atoms with Crippen molar-refractivity contribution in [3.63, 3.8) is 0 Å². The predicted octanol–water partition coefficient (Wildman–Crippen LogP) is 5.54. The molecule has 31 heavy (non-hydrogen) atoms. The zero-order chi connectivity index (χ0) is 21.8. The molecule has 0 unspecified atom stereocenters. The Kier molecular flexibility index (Phi) is 5.76. The third-order valence-electron chi connectivity index (χ3n) is 5.19. The molecular formula is C26H23NO4. The van der Waals surface area contributed by atoms with Crippen LogP contribution in [0.5, 0.6) is 17.2 Å². The first-order valence-corrected chi connectivity index (χ1v) is 9.83. The molecule has 0 aliphatic heterocycles. The van der Waals surface area contributed by atoms with Crippen LogP contribution in [-0.2, 0) is 0 Å². The molecule has 0 radical (unpaired) electrons. The molecule has 0 fully saturated rings. The number of hydrogen-bond donors (Lipinski definition) is 0. The molecule has 0 spiro atoms. The van der Waals surface area contributed by atoms with Crippen LogP contribution in [0.25, 0.3) is 22.3 Å². The fourth-order valence-electron chi connectivity index (χ4n) is 3.62. The van der Waals surface area contributed by atoms with E-state index in [0.717, 1.165) is 33.8 Å². The third kappa shape index (κ3) is 3.90. The highest BCUT2D eigenvalue weighted by molar-refractivity contribution is 5.99. The molecule has 1 aromatic heterocycles. The molecule has 0 amide bonds. The second-order valence-corrected chi connectivity index (χ2v) is 6.93. The van der Waals surface area contributed by atoms with Crippen LogP contribution >= 0.6 is 0 Å². The topological polar surface area (TPSA) is 49.7 Å². The van der Waals surface area contributed by atoms with Crippen molar-refractivity contribution in [3.8, 4) is 39.5 Å². The average molecular weight is 413 g/mol. The van der Waals surface area contributed by atoms with Gasteiger partial charge in [0.05, 0.1) is 21.3 Å². The van der Waals surface area contributed by atoms with Gasteiger partial charge < -0.3 is 14.2 Å². The molecule has 3 aromatic carbocycles. The lowest BCUT2D eigenvalue weighted by Gasteiger charge is -2.11. The van der Waals surface area contributed by atoms with Gasteiger partial charge in [0.1, 0.15) is 17.2 Å². The molecule has 0 aliphatic carbocycles. The van der Waals surface area contributed by atoms with E-state index in [2.05, 4.69) is 0 Å². The van der Waals surface area contributed by atoms with E-state index in [1.54, 1.807) is 50.2 Å². The minimum atomic E-state index is -0.139. The summed E-state index contributed by atoms with van der Waals surface area (Å²) in [5.41, 5.74) is 4.11. The number of carbonyl (C=O) groups excluding carboxylic acids is 1. The van der Waals surface area contributed by atoms with Crippen LogP contribution in [-0.4, -0.2) is 31.8 Å². The lowest BCUT2D eigenvalue weighted by molar-refractivity contribution is 0.0960. The van der Waals surface area contributed by atoms with Gasteiger partial charge in [-0.25, -0.2) is 0 Å². The van der Waals surface area contributed by atoms with Crippen molar-refractivity contribution in [1.82, 2.24) is 4.57 Å². The minimum Gasteiger partial charge on any atom is -0.497 e. The predicted molar refractivity (Wildman–Crippen MR) is 121 cm³/mol. The highest BCUT2D eigenvalue weighted by Crippen LogP contribution is 2.41. The lowest BCUT2D eigenvalue weighted by atomic mass is 9.98. The molecule has 4 rings (SSSR count). The summed E-state index contributed by atoms with van der Waals surface area (Å²) < 4.78 is 18.0. The number of nitrogens with zero attached hydrogens (tertiary/aromatic N) is 1. The Hall–Kier alpha value is -3.99. The fraction of sp³-hybridized carbons (Fsp3) is 0.115. The van der Waals surface area contributed by atoms with Gasteiger partial charge in [0.15, 0.2) is 0 Å². The van der Waals surface area contributed by atoms with E-state index in [0.29, 0.717) is 11.3 Å². The number of benzene rings is 3. The Balaban J connectivity index is 1.89. The van der Waals surface area contributed by atoms with Crippen LogP contribution in [0.3, 0.4) is 0 Å². The van der Waals surface area contributed by atoms with Gasteiger partial charge >= 0.3 is 0 Å². The molecule has 4 aromatic rings. The number of aromatic nitrogens is 1. The molecule has 0 aliphatic rings. The van der Waals surface area contributed by atoms with Gasteiger partial charge in [-0.2, -0.15) is 0 Å². The van der Waals surface area contributed by atoms with E-state index >= 15 is 0 Å². The molecule has 0 bridgehead atoms. The molecule has 5 heteroatoms. The Morgan fingerprint density at radius 3 is 1.55 bits per heavy atom. The summed E-state index contributed by atoms with van der Waals surface area (Å²) in [5.74, 6) is 2.02. The van der Waals surface area contributed by atoms with Crippen LogP contribution in [0.1, 0.15) is 10.4 Å². The standard InChI is InChI=1S/C26H23NO4/c1-29-19-14-12-18(13-15-19)26(28)27-16-22(20-8-4-6-10-24(20)30-2)23(17-27)21-9-5-7-11-25(21)31-3/h4-17H,1-3H3. The van der Waals surface area contributed by atoms with Crippen LogP contribution in [0, 0.1) is 0 Å². The molecular weight excluding hydrogens is 390 g/mol. The first-order valence-electron chi connectivity index (χ1n) is 9.83. The van der Waals surface area contributed by atoms with Crippen molar-refractivity contribution in [2.45, 2.75) is 0 Å². The van der Waals surface area contributed by atoms with Gasteiger partial charge in [0.2, 0.25) is 0 Å². The van der Waals surface area contributed by atoms with E-state index in [1.165, 1.54) is 0 Å². The highest BCUT2D eigenvalue weighted by Gasteiger charge is 2.20. The first-order chi connectivity index (χ1) is 15.2. The van der Waals surface area contributed by atoms with Gasteiger partial charge in [-0.05, 0) is 36.4 Å².